The number of aliphatic hydroxyl groups excluding tert-OH is 1. The number of hydrogen-bond donors (Lipinski definition) is 2. The van der Waals surface area contributed by atoms with E-state index in [0.717, 1.165) is 38.5 Å². The van der Waals surface area contributed by atoms with Gasteiger partial charge in [0.05, 0.1) is 6.10 Å². The lowest BCUT2D eigenvalue weighted by Crippen LogP contribution is -2.12. The topological polar surface area (TPSA) is 57.5 Å². The van der Waals surface area contributed by atoms with Crippen LogP contribution in [0.4, 0.5) is 0 Å². The maximum absolute atomic E-state index is 10.7. The molecule has 1 fully saturated rings. The number of aliphatic hydroxyl groups is 1. The molecule has 0 unspecified atom stereocenters. The quantitative estimate of drug-likeness (QED) is 0.691. The Kier molecular flexibility index (Phi) is 4.82. The van der Waals surface area contributed by atoms with Crippen LogP contribution in [0.25, 0.3) is 0 Å². The molecule has 0 radical (unpaired) electrons. The van der Waals surface area contributed by atoms with Gasteiger partial charge in [-0.15, -0.1) is 0 Å². The summed E-state index contributed by atoms with van der Waals surface area (Å²) < 4.78 is 0. The van der Waals surface area contributed by atoms with Gasteiger partial charge >= 0.3 is 5.97 Å². The normalized spacial score (nSPS) is 29.3. The van der Waals surface area contributed by atoms with Gasteiger partial charge in [0, 0.05) is 5.57 Å². The molecule has 0 amide bonds. The van der Waals surface area contributed by atoms with Gasteiger partial charge in [0.2, 0.25) is 0 Å². The van der Waals surface area contributed by atoms with Crippen molar-refractivity contribution in [3.8, 4) is 0 Å². The number of aliphatic carboxylic acids is 1. The largest absolute Gasteiger partial charge is 0.478 e. The molecule has 2 N–H and O–H groups in total. The molecule has 0 aliphatic heterocycles. The molecule has 3 nitrogen and oxygen atoms in total. The van der Waals surface area contributed by atoms with Crippen molar-refractivity contribution in [2.75, 3.05) is 0 Å². The molecule has 1 aliphatic rings. The van der Waals surface area contributed by atoms with E-state index in [-0.39, 0.29) is 6.10 Å². The van der Waals surface area contributed by atoms with Crippen molar-refractivity contribution in [2.24, 2.45) is 5.92 Å². The first-order chi connectivity index (χ1) is 7.09. The monoisotopic (exact) mass is 212 g/mol. The van der Waals surface area contributed by atoms with Gasteiger partial charge in [-0.3, -0.25) is 0 Å². The van der Waals surface area contributed by atoms with Crippen LogP contribution >= 0.6 is 0 Å². The highest BCUT2D eigenvalue weighted by atomic mass is 16.4. The highest BCUT2D eigenvalue weighted by molar-refractivity contribution is 5.85. The van der Waals surface area contributed by atoms with Crippen molar-refractivity contribution in [1.29, 1.82) is 0 Å². The van der Waals surface area contributed by atoms with Crippen molar-refractivity contribution >= 4 is 5.97 Å². The third-order valence-corrected chi connectivity index (χ3v) is 3.05. The Morgan fingerprint density at radius 2 is 1.73 bits per heavy atom. The lowest BCUT2D eigenvalue weighted by Gasteiger charge is -2.19. The lowest BCUT2D eigenvalue weighted by atomic mass is 9.89. The van der Waals surface area contributed by atoms with E-state index in [0.29, 0.717) is 11.5 Å². The average Bonchev–Trinajstić information content (AvgIpc) is 2.13. The van der Waals surface area contributed by atoms with Crippen molar-refractivity contribution in [3.63, 3.8) is 0 Å². The molecule has 0 spiro atoms. The SMILES string of the molecule is C/C(=C\C1CCCC(O)CCC1)C(=O)O. The molecule has 0 atom stereocenters. The number of carboxylic acid groups (broad SMARTS) is 1. The van der Waals surface area contributed by atoms with E-state index in [4.69, 9.17) is 5.11 Å². The van der Waals surface area contributed by atoms with E-state index in [9.17, 15) is 9.90 Å². The van der Waals surface area contributed by atoms with Crippen LogP contribution in [0.3, 0.4) is 0 Å². The first kappa shape index (κ1) is 12.2. The van der Waals surface area contributed by atoms with Gasteiger partial charge in [-0.05, 0) is 38.5 Å². The summed E-state index contributed by atoms with van der Waals surface area (Å²) in [6, 6.07) is 0. The second-order valence-electron chi connectivity index (χ2n) is 4.43. The van der Waals surface area contributed by atoms with Crippen LogP contribution in [-0.2, 0) is 4.79 Å². The van der Waals surface area contributed by atoms with Crippen molar-refractivity contribution in [1.82, 2.24) is 0 Å². The number of allylic oxidation sites excluding steroid dienone is 1. The van der Waals surface area contributed by atoms with E-state index >= 15 is 0 Å². The van der Waals surface area contributed by atoms with Crippen LogP contribution < -0.4 is 0 Å². The zero-order valence-corrected chi connectivity index (χ0v) is 9.28. The summed E-state index contributed by atoms with van der Waals surface area (Å²) in [7, 11) is 0. The Labute approximate surface area is 90.8 Å². The number of carboxylic acids is 1. The van der Waals surface area contributed by atoms with Gasteiger partial charge in [0.15, 0.2) is 0 Å². The van der Waals surface area contributed by atoms with Gasteiger partial charge in [-0.25, -0.2) is 4.79 Å². The molecule has 1 rings (SSSR count). The minimum absolute atomic E-state index is 0.143. The van der Waals surface area contributed by atoms with Crippen LogP contribution in [0.2, 0.25) is 0 Å². The highest BCUT2D eigenvalue weighted by Crippen LogP contribution is 2.24. The minimum atomic E-state index is -0.822. The highest BCUT2D eigenvalue weighted by Gasteiger charge is 2.14. The number of hydrogen-bond acceptors (Lipinski definition) is 2. The molecular formula is C12H20O3. The van der Waals surface area contributed by atoms with Crippen molar-refractivity contribution in [3.05, 3.63) is 11.6 Å². The lowest BCUT2D eigenvalue weighted by molar-refractivity contribution is -0.132. The molecule has 0 heterocycles. The Bertz CT molecular complexity index is 235. The number of carbonyl (C=O) groups is 1. The second-order valence-corrected chi connectivity index (χ2v) is 4.43. The molecule has 86 valence electrons. The van der Waals surface area contributed by atoms with Gasteiger partial charge in [0.25, 0.3) is 0 Å². The fraction of sp³-hybridized carbons (Fsp3) is 0.750. The standard InChI is InChI=1S/C12H20O3/c1-9(12(14)15)8-10-4-2-6-11(13)7-3-5-10/h8,10-11,13H,2-7H2,1H3,(H,14,15)/b9-8+. The van der Waals surface area contributed by atoms with Crippen LogP contribution in [-0.4, -0.2) is 22.3 Å². The third kappa shape index (κ3) is 4.47. The zero-order valence-electron chi connectivity index (χ0n) is 9.28. The summed E-state index contributed by atoms with van der Waals surface area (Å²) in [5.41, 5.74) is 0.445. The van der Waals surface area contributed by atoms with Gasteiger partial charge in [-0.2, -0.15) is 0 Å². The molecule has 0 aromatic rings. The maximum atomic E-state index is 10.7. The van der Waals surface area contributed by atoms with Crippen LogP contribution in [0.5, 0.6) is 0 Å². The minimum Gasteiger partial charge on any atom is -0.478 e. The Morgan fingerprint density at radius 1 is 1.20 bits per heavy atom. The molecule has 0 aromatic heterocycles. The molecule has 1 aliphatic carbocycles. The van der Waals surface area contributed by atoms with E-state index in [1.807, 2.05) is 6.08 Å². The predicted octanol–water partition coefficient (Wildman–Crippen LogP) is 2.35. The summed E-state index contributed by atoms with van der Waals surface area (Å²) in [6.07, 6.45) is 7.44. The van der Waals surface area contributed by atoms with Gasteiger partial charge < -0.3 is 10.2 Å². The third-order valence-electron chi connectivity index (χ3n) is 3.05. The smallest absolute Gasteiger partial charge is 0.330 e. The molecule has 0 aromatic carbocycles. The second kappa shape index (κ2) is 5.91. The van der Waals surface area contributed by atoms with Crippen molar-refractivity contribution < 1.29 is 15.0 Å². The molecular weight excluding hydrogens is 192 g/mol. The van der Waals surface area contributed by atoms with E-state index in [2.05, 4.69) is 0 Å². The first-order valence-electron chi connectivity index (χ1n) is 5.69. The summed E-state index contributed by atoms with van der Waals surface area (Å²) in [5.74, 6) is -0.439. The summed E-state index contributed by atoms with van der Waals surface area (Å²) >= 11 is 0. The average molecular weight is 212 g/mol. The molecule has 1 saturated carbocycles. The van der Waals surface area contributed by atoms with Crippen LogP contribution in [0.1, 0.15) is 45.4 Å². The van der Waals surface area contributed by atoms with E-state index in [1.54, 1.807) is 6.92 Å². The first-order valence-corrected chi connectivity index (χ1v) is 5.69. The maximum Gasteiger partial charge on any atom is 0.330 e. The summed E-state index contributed by atoms with van der Waals surface area (Å²) in [4.78, 5) is 10.7. The van der Waals surface area contributed by atoms with E-state index in [1.165, 1.54) is 0 Å². The summed E-state index contributed by atoms with van der Waals surface area (Å²) in [6.45, 7) is 1.65. The molecule has 15 heavy (non-hydrogen) atoms. The summed E-state index contributed by atoms with van der Waals surface area (Å²) in [5, 5.41) is 18.2. The molecule has 0 bridgehead atoms. The zero-order chi connectivity index (χ0) is 11.3. The fourth-order valence-corrected chi connectivity index (χ4v) is 2.11. The molecule has 3 heteroatoms. The Hall–Kier alpha value is -0.830. The van der Waals surface area contributed by atoms with E-state index < -0.39 is 5.97 Å². The Balaban J connectivity index is 2.48. The fourth-order valence-electron chi connectivity index (χ4n) is 2.11. The number of rotatable bonds is 2. The Morgan fingerprint density at radius 3 is 2.20 bits per heavy atom. The molecule has 0 saturated heterocycles. The van der Waals surface area contributed by atoms with Crippen molar-refractivity contribution in [2.45, 2.75) is 51.6 Å². The van der Waals surface area contributed by atoms with Gasteiger partial charge in [-0.1, -0.05) is 18.9 Å². The predicted molar refractivity (Wildman–Crippen MR) is 58.6 cm³/mol. The van der Waals surface area contributed by atoms with Gasteiger partial charge in [0.1, 0.15) is 0 Å². The van der Waals surface area contributed by atoms with Crippen LogP contribution in [0, 0.1) is 5.92 Å². The van der Waals surface area contributed by atoms with Crippen LogP contribution in [0.15, 0.2) is 11.6 Å².